The van der Waals surface area contributed by atoms with Gasteiger partial charge in [-0.25, -0.2) is 4.79 Å². The van der Waals surface area contributed by atoms with E-state index >= 15 is 0 Å². The molecule has 0 saturated carbocycles. The van der Waals surface area contributed by atoms with Crippen molar-refractivity contribution in [2.45, 2.75) is 47.1 Å². The summed E-state index contributed by atoms with van der Waals surface area (Å²) in [5.74, 6) is -1.13. The number of H-pyrrole nitrogens is 1. The number of aromatic amines is 1. The number of nitrogens with zero attached hydrogens (tertiary/aromatic N) is 1. The quantitative estimate of drug-likeness (QED) is 0.698. The van der Waals surface area contributed by atoms with Crippen LogP contribution >= 0.6 is 0 Å². The molecule has 0 aliphatic rings. The van der Waals surface area contributed by atoms with Gasteiger partial charge in [0.25, 0.3) is 5.91 Å². The Morgan fingerprint density at radius 3 is 2.45 bits per heavy atom. The Morgan fingerprint density at radius 1 is 1.17 bits per heavy atom. The summed E-state index contributed by atoms with van der Waals surface area (Å²) in [6.45, 7) is 8.85. The summed E-state index contributed by atoms with van der Waals surface area (Å²) in [6.07, 6.45) is 0.536. The van der Waals surface area contributed by atoms with Crippen LogP contribution in [0.2, 0.25) is 0 Å². The van der Waals surface area contributed by atoms with E-state index in [1.807, 2.05) is 31.2 Å². The predicted molar refractivity (Wildman–Crippen MR) is 112 cm³/mol. The molecule has 0 aliphatic carbocycles. The minimum absolute atomic E-state index is 0.111. The molecular formula is C22H29N3O4. The first kappa shape index (κ1) is 22.2. The number of benzene rings is 1. The Kier molecular flexibility index (Phi) is 7.20. The fourth-order valence-electron chi connectivity index (χ4n) is 3.16. The summed E-state index contributed by atoms with van der Waals surface area (Å²) in [7, 11) is 1.55. The summed E-state index contributed by atoms with van der Waals surface area (Å²) >= 11 is 0. The van der Waals surface area contributed by atoms with Crippen LogP contribution in [0.25, 0.3) is 0 Å². The van der Waals surface area contributed by atoms with Gasteiger partial charge in [0.05, 0.1) is 18.2 Å². The molecule has 7 nitrogen and oxygen atoms in total. The largest absolute Gasteiger partial charge is 0.459 e. The molecule has 0 aliphatic heterocycles. The number of carbonyl (C=O) groups is 3. The highest BCUT2D eigenvalue weighted by Crippen LogP contribution is 2.21. The molecule has 29 heavy (non-hydrogen) atoms. The number of esters is 1. The molecule has 2 aromatic rings. The number of nitrogens with one attached hydrogen (secondary N) is 2. The second kappa shape index (κ2) is 9.41. The van der Waals surface area contributed by atoms with E-state index in [1.54, 1.807) is 34.7 Å². The van der Waals surface area contributed by atoms with Crippen LogP contribution in [0.5, 0.6) is 0 Å². The van der Waals surface area contributed by atoms with Crippen LogP contribution in [0.4, 0.5) is 5.69 Å². The van der Waals surface area contributed by atoms with Crippen molar-refractivity contribution in [1.29, 1.82) is 0 Å². The number of hydrogen-bond acceptors (Lipinski definition) is 4. The van der Waals surface area contributed by atoms with Gasteiger partial charge in [0.2, 0.25) is 5.91 Å². The van der Waals surface area contributed by atoms with Gasteiger partial charge in [-0.05, 0) is 51.3 Å². The van der Waals surface area contributed by atoms with E-state index in [2.05, 4.69) is 10.3 Å². The fraction of sp³-hybridized carbons (Fsp3) is 0.409. The number of rotatable bonds is 7. The van der Waals surface area contributed by atoms with Gasteiger partial charge in [0.1, 0.15) is 5.69 Å². The van der Waals surface area contributed by atoms with Gasteiger partial charge >= 0.3 is 5.97 Å². The van der Waals surface area contributed by atoms with Crippen LogP contribution in [-0.4, -0.2) is 47.4 Å². The molecule has 2 N–H and O–H groups in total. The number of aryl methyl sites for hydroxylation is 2. The Labute approximate surface area is 171 Å². The Hall–Kier alpha value is -3.09. The van der Waals surface area contributed by atoms with Crippen molar-refractivity contribution in [3.63, 3.8) is 0 Å². The van der Waals surface area contributed by atoms with E-state index in [4.69, 9.17) is 4.74 Å². The smallest absolute Gasteiger partial charge is 0.340 e. The molecule has 156 valence electrons. The molecule has 0 saturated heterocycles. The highest BCUT2D eigenvalue weighted by Gasteiger charge is 2.26. The third kappa shape index (κ3) is 5.25. The lowest BCUT2D eigenvalue weighted by molar-refractivity contribution is -0.116. The van der Waals surface area contributed by atoms with Crippen molar-refractivity contribution in [2.24, 2.45) is 0 Å². The van der Waals surface area contributed by atoms with Crippen LogP contribution in [0.3, 0.4) is 0 Å². The average Bonchev–Trinajstić information content (AvgIpc) is 2.95. The first-order valence-corrected chi connectivity index (χ1v) is 9.69. The molecule has 0 atom stereocenters. The third-order valence-electron chi connectivity index (χ3n) is 4.60. The number of hydrogen-bond donors (Lipinski definition) is 2. The fourth-order valence-corrected chi connectivity index (χ4v) is 3.16. The zero-order chi connectivity index (χ0) is 21.7. The maximum absolute atomic E-state index is 12.8. The zero-order valence-corrected chi connectivity index (χ0v) is 17.9. The number of amides is 2. The Bertz CT molecular complexity index is 915. The second-order valence-corrected chi connectivity index (χ2v) is 7.30. The molecule has 0 bridgehead atoms. The summed E-state index contributed by atoms with van der Waals surface area (Å²) in [6, 6.07) is 7.56. The highest BCUT2D eigenvalue weighted by atomic mass is 16.5. The van der Waals surface area contributed by atoms with Gasteiger partial charge in [-0.1, -0.05) is 25.1 Å². The van der Waals surface area contributed by atoms with Crippen LogP contribution in [0.1, 0.15) is 58.4 Å². The van der Waals surface area contributed by atoms with E-state index in [9.17, 15) is 14.4 Å². The zero-order valence-electron chi connectivity index (χ0n) is 17.9. The summed E-state index contributed by atoms with van der Waals surface area (Å²) < 4.78 is 5.26. The SMILES string of the molecule is CCc1ccccc1NC(=O)CN(C)C(=O)c1[nH]c(C)c(C(=O)OC(C)C)c1C. The third-order valence-corrected chi connectivity index (χ3v) is 4.60. The first-order chi connectivity index (χ1) is 13.6. The van der Waals surface area contributed by atoms with Crippen molar-refractivity contribution in [3.05, 3.63) is 52.3 Å². The molecule has 1 aromatic heterocycles. The lowest BCUT2D eigenvalue weighted by atomic mass is 10.1. The minimum Gasteiger partial charge on any atom is -0.459 e. The molecule has 2 rings (SSSR count). The topological polar surface area (TPSA) is 91.5 Å². The molecular weight excluding hydrogens is 370 g/mol. The summed E-state index contributed by atoms with van der Waals surface area (Å²) in [5, 5.41) is 2.85. The van der Waals surface area contributed by atoms with Crippen molar-refractivity contribution < 1.29 is 19.1 Å². The molecule has 0 spiro atoms. The number of carbonyl (C=O) groups excluding carboxylic acids is 3. The lowest BCUT2D eigenvalue weighted by Crippen LogP contribution is -2.35. The summed E-state index contributed by atoms with van der Waals surface area (Å²) in [5.41, 5.74) is 3.48. The van der Waals surface area contributed by atoms with Gasteiger partial charge in [-0.15, -0.1) is 0 Å². The van der Waals surface area contributed by atoms with Crippen LogP contribution < -0.4 is 5.32 Å². The first-order valence-electron chi connectivity index (χ1n) is 9.69. The minimum atomic E-state index is -0.470. The second-order valence-electron chi connectivity index (χ2n) is 7.30. The molecule has 1 aromatic carbocycles. The van der Waals surface area contributed by atoms with E-state index in [-0.39, 0.29) is 30.2 Å². The maximum atomic E-state index is 12.8. The number of para-hydroxylation sites is 1. The molecule has 1 heterocycles. The van der Waals surface area contributed by atoms with Crippen LogP contribution in [-0.2, 0) is 16.0 Å². The Balaban J connectivity index is 2.12. The average molecular weight is 399 g/mol. The number of likely N-dealkylation sites (N-methyl/N-ethyl adjacent to an activating group) is 1. The number of aromatic nitrogens is 1. The molecule has 0 fully saturated rings. The maximum Gasteiger partial charge on any atom is 0.340 e. The van der Waals surface area contributed by atoms with Crippen molar-refractivity contribution in [1.82, 2.24) is 9.88 Å². The van der Waals surface area contributed by atoms with E-state index < -0.39 is 5.97 Å². The van der Waals surface area contributed by atoms with Gasteiger partial charge in [-0.3, -0.25) is 9.59 Å². The summed E-state index contributed by atoms with van der Waals surface area (Å²) in [4.78, 5) is 41.9. The normalized spacial score (nSPS) is 10.7. The van der Waals surface area contributed by atoms with Crippen LogP contribution in [0, 0.1) is 13.8 Å². The van der Waals surface area contributed by atoms with E-state index in [0.29, 0.717) is 16.8 Å². The predicted octanol–water partition coefficient (Wildman–Crippen LogP) is 3.47. The van der Waals surface area contributed by atoms with Crippen LogP contribution in [0.15, 0.2) is 24.3 Å². The lowest BCUT2D eigenvalue weighted by Gasteiger charge is -2.17. The Morgan fingerprint density at radius 2 is 1.83 bits per heavy atom. The molecule has 0 unspecified atom stereocenters. The highest BCUT2D eigenvalue weighted by molar-refractivity contribution is 6.02. The number of anilines is 1. The molecule has 7 heteroatoms. The van der Waals surface area contributed by atoms with Gasteiger partial charge < -0.3 is 19.9 Å². The van der Waals surface area contributed by atoms with Gasteiger partial charge in [-0.2, -0.15) is 0 Å². The van der Waals surface area contributed by atoms with E-state index in [0.717, 1.165) is 17.7 Å². The van der Waals surface area contributed by atoms with Crippen molar-refractivity contribution in [3.8, 4) is 0 Å². The van der Waals surface area contributed by atoms with E-state index in [1.165, 1.54) is 4.90 Å². The number of ether oxygens (including phenoxy) is 1. The molecule has 0 radical (unpaired) electrons. The van der Waals surface area contributed by atoms with Gasteiger partial charge in [0.15, 0.2) is 0 Å². The monoisotopic (exact) mass is 399 g/mol. The van der Waals surface area contributed by atoms with Crippen molar-refractivity contribution in [2.75, 3.05) is 18.9 Å². The van der Waals surface area contributed by atoms with Gasteiger partial charge in [0, 0.05) is 18.4 Å². The molecule has 2 amide bonds. The standard InChI is InChI=1S/C22H29N3O4/c1-7-16-10-8-9-11-17(16)24-18(26)12-25(6)21(27)20-14(4)19(15(5)23-20)22(28)29-13(2)3/h8-11,13,23H,7,12H2,1-6H3,(H,24,26). The van der Waals surface area contributed by atoms with Crippen molar-refractivity contribution >= 4 is 23.5 Å².